The smallest absolute Gasteiger partial charge is 0.548 e. The number of hydrogen-bond acceptors (Lipinski definition) is 20. The van der Waals surface area contributed by atoms with Gasteiger partial charge >= 0.3 is 49.7 Å². The van der Waals surface area contributed by atoms with Gasteiger partial charge in [0.15, 0.2) is 21.7 Å². The number of halogens is 3. The molecule has 0 saturated carbocycles. The van der Waals surface area contributed by atoms with Crippen LogP contribution in [0, 0.1) is 5.82 Å². The van der Waals surface area contributed by atoms with E-state index >= 15 is 0 Å². The Kier molecular flexibility index (Phi) is 18.2. The summed E-state index contributed by atoms with van der Waals surface area (Å²) in [7, 11) is 2.52. The van der Waals surface area contributed by atoms with Crippen molar-refractivity contribution in [1.82, 2.24) is 30.4 Å². The number of carbonyl (C=O) groups is 4. The van der Waals surface area contributed by atoms with Gasteiger partial charge in [0.25, 0.3) is 0 Å². The number of esters is 2. The van der Waals surface area contributed by atoms with Crippen molar-refractivity contribution < 1.29 is 52.7 Å². The number of benzene rings is 2. The van der Waals surface area contributed by atoms with Crippen LogP contribution in [0.3, 0.4) is 0 Å². The molecule has 24 heteroatoms. The Labute approximate surface area is 425 Å². The number of amidine groups is 2. The third-order valence-electron chi connectivity index (χ3n) is 10.5. The van der Waals surface area contributed by atoms with E-state index < -0.39 is 53.9 Å². The van der Waals surface area contributed by atoms with Crippen molar-refractivity contribution in [3.8, 4) is 0 Å². The van der Waals surface area contributed by atoms with E-state index in [4.69, 9.17) is 47.1 Å². The molecule has 4 aromatic rings. The minimum absolute atomic E-state index is 0. The van der Waals surface area contributed by atoms with Gasteiger partial charge in [0.2, 0.25) is 0 Å². The summed E-state index contributed by atoms with van der Waals surface area (Å²) >= 11 is 15.5. The number of carboxylic acid groups (broad SMARTS) is 2. The van der Waals surface area contributed by atoms with E-state index in [0.717, 1.165) is 6.07 Å². The summed E-state index contributed by atoms with van der Waals surface area (Å²) in [5.41, 5.74) is 2.25. The van der Waals surface area contributed by atoms with Gasteiger partial charge in [-0.3, -0.25) is 19.8 Å². The van der Waals surface area contributed by atoms with Crippen molar-refractivity contribution in [2.75, 3.05) is 66.8 Å². The van der Waals surface area contributed by atoms with Gasteiger partial charge in [-0.1, -0.05) is 47.5 Å². The number of ether oxygens (including phenoxy) is 4. The molecule has 2 fully saturated rings. The van der Waals surface area contributed by atoms with Crippen LogP contribution in [0.4, 0.5) is 4.39 Å². The molecular formula is C42H39CaCl2FN8O10S2. The maximum Gasteiger partial charge on any atom is 2.00 e. The van der Waals surface area contributed by atoms with Gasteiger partial charge in [-0.05, 0) is 18.2 Å². The van der Waals surface area contributed by atoms with Crippen LogP contribution in [0.15, 0.2) is 98.1 Å². The fourth-order valence-electron chi connectivity index (χ4n) is 7.40. The average molecular weight is 1010 g/mol. The van der Waals surface area contributed by atoms with Crippen molar-refractivity contribution in [1.29, 1.82) is 0 Å². The van der Waals surface area contributed by atoms with Crippen molar-refractivity contribution in [2.45, 2.75) is 24.2 Å². The molecule has 6 heterocycles. The van der Waals surface area contributed by atoms with E-state index in [0.29, 0.717) is 75.5 Å². The predicted molar refractivity (Wildman–Crippen MR) is 238 cm³/mol. The van der Waals surface area contributed by atoms with Crippen LogP contribution in [-0.2, 0) is 38.1 Å². The Bertz CT molecular complexity index is 2550. The Hall–Kier alpha value is -4.39. The Morgan fingerprint density at radius 2 is 1.23 bits per heavy atom. The molecule has 18 nitrogen and oxygen atoms in total. The first kappa shape index (κ1) is 51.0. The second kappa shape index (κ2) is 23.6. The molecule has 4 aliphatic heterocycles. The standard InChI is InChI=1S/C21H20ClFN4O5S.C21H21ClN4O5S.Ca/c1-31-21(30)16-14(9-27-5-6-32-10-15(27)20(28)29)25-18(19-24-4-7-33-19)26-17(16)12-3-2-11(23)8-13(12)22;1-30-21(29)16-14(10-26-7-8-31-11-15(26)20(27)28)24-18(19-23-6-9-32-19)25-17(16)12-4-2-3-5-13(12)22;/h2-4,7-8,15,17H,5-6,9-10H2,1H3,(H,25,26)(H,28,29);2-6,9,15,17H,7-8,10-11H2,1H3,(H,24,25)(H,27,28);/q;;+2/p-2/t2*15-,17-;/m00./s1. The van der Waals surface area contributed by atoms with E-state index in [9.17, 15) is 33.8 Å². The number of carbonyl (C=O) groups excluding carboxylic acids is 4. The molecule has 2 N–H and O–H groups in total. The maximum absolute atomic E-state index is 13.7. The van der Waals surface area contributed by atoms with Crippen LogP contribution < -0.4 is 20.8 Å². The molecule has 0 radical (unpaired) electrons. The number of aliphatic imine (C=N–C) groups is 2. The average Bonchev–Trinajstić information content (AvgIpc) is 4.06. The summed E-state index contributed by atoms with van der Waals surface area (Å²) in [5.74, 6) is -3.48. The minimum Gasteiger partial charge on any atom is -0.548 e. The molecule has 0 amide bonds. The van der Waals surface area contributed by atoms with Crippen molar-refractivity contribution in [2.24, 2.45) is 9.98 Å². The zero-order valence-corrected chi connectivity index (χ0v) is 40.6. The van der Waals surface area contributed by atoms with Crippen LogP contribution in [0.2, 0.25) is 10.0 Å². The molecule has 66 heavy (non-hydrogen) atoms. The van der Waals surface area contributed by atoms with Crippen molar-refractivity contribution in [3.05, 3.63) is 125 Å². The van der Waals surface area contributed by atoms with Gasteiger partial charge < -0.3 is 49.4 Å². The van der Waals surface area contributed by atoms with Crippen LogP contribution in [-0.4, -0.2) is 172 Å². The first-order valence-corrected chi connectivity index (χ1v) is 22.3. The first-order chi connectivity index (χ1) is 31.4. The monoisotopic (exact) mass is 1010 g/mol. The van der Waals surface area contributed by atoms with Crippen molar-refractivity contribution >= 4 is 119 Å². The number of aliphatic carboxylic acids is 2. The van der Waals surface area contributed by atoms with E-state index in [1.165, 1.54) is 49.0 Å². The molecule has 2 aromatic carbocycles. The first-order valence-electron chi connectivity index (χ1n) is 19.7. The molecule has 8 rings (SSSR count). The quantitative estimate of drug-likeness (QED) is 0.150. The van der Waals surface area contributed by atoms with Gasteiger partial charge in [-0.15, -0.1) is 22.7 Å². The fraction of sp³-hybridized carbons (Fsp3) is 0.333. The molecule has 2 saturated heterocycles. The summed E-state index contributed by atoms with van der Waals surface area (Å²) in [6, 6.07) is 7.31. The van der Waals surface area contributed by atoms with Crippen LogP contribution >= 0.6 is 45.9 Å². The van der Waals surface area contributed by atoms with Gasteiger partial charge in [0.05, 0.1) is 75.8 Å². The summed E-state index contributed by atoms with van der Waals surface area (Å²) in [5, 5.41) is 34.9. The third-order valence-corrected chi connectivity index (χ3v) is 12.8. The second-order valence-electron chi connectivity index (χ2n) is 14.4. The van der Waals surface area contributed by atoms with E-state index in [-0.39, 0.29) is 80.2 Å². The number of nitrogens with one attached hydrogen (secondary N) is 2. The fourth-order valence-corrected chi connectivity index (χ4v) is 9.09. The summed E-state index contributed by atoms with van der Waals surface area (Å²) in [6.45, 7) is 1.50. The number of carboxylic acids is 2. The molecule has 4 atom stereocenters. The zero-order chi connectivity index (χ0) is 46.2. The number of morpholine rings is 2. The third kappa shape index (κ3) is 11.8. The minimum atomic E-state index is -1.28. The van der Waals surface area contributed by atoms with Gasteiger partial charge in [-0.2, -0.15) is 0 Å². The number of nitrogens with zero attached hydrogens (tertiary/aromatic N) is 6. The number of methoxy groups -OCH3 is 2. The molecule has 0 bridgehead atoms. The largest absolute Gasteiger partial charge is 2.00 e. The molecule has 0 spiro atoms. The Balaban J connectivity index is 0.000000215. The second-order valence-corrected chi connectivity index (χ2v) is 17.0. The Morgan fingerprint density at radius 1 is 0.758 bits per heavy atom. The summed E-state index contributed by atoms with van der Waals surface area (Å²) in [4.78, 5) is 70.4. The molecule has 0 aliphatic carbocycles. The van der Waals surface area contributed by atoms with Gasteiger partial charge in [0, 0.05) is 81.9 Å². The van der Waals surface area contributed by atoms with Gasteiger partial charge in [-0.25, -0.2) is 23.9 Å². The molecule has 4 aliphatic rings. The summed E-state index contributed by atoms with van der Waals surface area (Å²) < 4.78 is 34.4. The number of aromatic nitrogens is 2. The van der Waals surface area contributed by atoms with E-state index in [2.05, 4.69) is 25.6 Å². The van der Waals surface area contributed by atoms with Crippen LogP contribution in [0.5, 0.6) is 0 Å². The molecule has 342 valence electrons. The summed E-state index contributed by atoms with van der Waals surface area (Å²) in [6.07, 6.45) is 3.26. The zero-order valence-electron chi connectivity index (χ0n) is 35.2. The number of rotatable bonds is 12. The van der Waals surface area contributed by atoms with Crippen LogP contribution in [0.1, 0.15) is 33.2 Å². The topological polar surface area (TPSA) is 232 Å². The van der Waals surface area contributed by atoms with Crippen LogP contribution in [0.25, 0.3) is 0 Å². The molecule has 2 aromatic heterocycles. The maximum atomic E-state index is 13.7. The Morgan fingerprint density at radius 3 is 1.64 bits per heavy atom. The van der Waals surface area contributed by atoms with E-state index in [1.807, 2.05) is 11.4 Å². The number of thiazole rings is 2. The number of hydrogen-bond donors (Lipinski definition) is 2. The van der Waals surface area contributed by atoms with Gasteiger partial charge in [0.1, 0.15) is 17.9 Å². The van der Waals surface area contributed by atoms with E-state index in [1.54, 1.807) is 45.8 Å². The normalized spacial score (nSPS) is 21.2. The van der Waals surface area contributed by atoms with Crippen molar-refractivity contribution in [3.63, 3.8) is 0 Å². The molecular weight excluding hydrogens is 971 g/mol. The predicted octanol–water partition coefficient (Wildman–Crippen LogP) is 1.29. The SMILES string of the molecule is COC(=O)C1=C(CN2CCOC[C@H]2C(=O)[O-])NC(c2nccs2)=N[C@H]1c1ccc(F)cc1Cl.COC(=O)C1=C(CN2CCOC[C@H]2C(=O)[O-])NC(c2nccs2)=N[C@H]1c1ccccc1Cl.[Ca+2]. The molecule has 0 unspecified atom stereocenters.